The smallest absolute Gasteiger partial charge is 0.349 e. The second-order valence-electron chi connectivity index (χ2n) is 7.69. The molecule has 1 heterocycles. The van der Waals surface area contributed by atoms with Crippen LogP contribution in [0, 0.1) is 27.2 Å². The largest absolute Gasteiger partial charge is 0.462 e. The molecule has 1 N–H and O–H groups in total. The van der Waals surface area contributed by atoms with Crippen molar-refractivity contribution in [3.63, 3.8) is 0 Å². The van der Waals surface area contributed by atoms with Gasteiger partial charge in [0.15, 0.2) is 0 Å². The minimum absolute atomic E-state index is 0.0281. The van der Waals surface area contributed by atoms with Crippen LogP contribution in [-0.4, -0.2) is 39.9 Å². The summed E-state index contributed by atoms with van der Waals surface area (Å²) in [7, 11) is 0. The van der Waals surface area contributed by atoms with Crippen molar-refractivity contribution < 1.29 is 33.7 Å². The molecule has 1 amide bonds. The van der Waals surface area contributed by atoms with Gasteiger partial charge in [0.1, 0.15) is 15.5 Å². The zero-order valence-corrected chi connectivity index (χ0v) is 19.2. The second-order valence-corrected chi connectivity index (χ2v) is 8.71. The van der Waals surface area contributed by atoms with Crippen molar-refractivity contribution in [2.75, 3.05) is 11.9 Å². The molecule has 0 atom stereocenters. The van der Waals surface area contributed by atoms with Crippen molar-refractivity contribution in [1.82, 2.24) is 0 Å². The number of nitro benzene ring substituents is 2. The molecule has 13 heteroatoms. The monoisotopic (exact) mass is 479 g/mol. The molecule has 0 saturated heterocycles. The summed E-state index contributed by atoms with van der Waals surface area (Å²) in [5.41, 5.74) is -2.38. The lowest BCUT2D eigenvalue weighted by Gasteiger charge is -2.19. The number of non-ortho nitro benzene ring substituents is 2. The van der Waals surface area contributed by atoms with E-state index in [-0.39, 0.29) is 33.2 Å². The highest BCUT2D eigenvalue weighted by molar-refractivity contribution is 7.18. The van der Waals surface area contributed by atoms with Crippen molar-refractivity contribution in [3.05, 3.63) is 60.0 Å². The van der Waals surface area contributed by atoms with Crippen LogP contribution in [0.25, 0.3) is 0 Å². The van der Waals surface area contributed by atoms with Gasteiger partial charge < -0.3 is 14.8 Å². The van der Waals surface area contributed by atoms with Crippen LogP contribution < -0.4 is 5.32 Å². The van der Waals surface area contributed by atoms with E-state index in [1.807, 2.05) is 0 Å². The Morgan fingerprint density at radius 2 is 1.58 bits per heavy atom. The first-order valence-electron chi connectivity index (χ1n) is 9.54. The van der Waals surface area contributed by atoms with Gasteiger partial charge in [-0.05, 0) is 40.2 Å². The van der Waals surface area contributed by atoms with Gasteiger partial charge in [0.05, 0.1) is 33.6 Å². The summed E-state index contributed by atoms with van der Waals surface area (Å²) in [4.78, 5) is 58.4. The fourth-order valence-corrected chi connectivity index (χ4v) is 3.75. The van der Waals surface area contributed by atoms with Gasteiger partial charge in [0, 0.05) is 12.1 Å². The molecule has 1 aromatic heterocycles. The number of ether oxygens (including phenoxy) is 2. The first-order chi connectivity index (χ1) is 15.2. The van der Waals surface area contributed by atoms with Crippen LogP contribution in [-0.2, 0) is 9.47 Å². The predicted octanol–water partition coefficient (Wildman–Crippen LogP) is 4.26. The molecule has 12 nitrogen and oxygen atoms in total. The molecule has 33 heavy (non-hydrogen) atoms. The van der Waals surface area contributed by atoms with Crippen molar-refractivity contribution in [2.24, 2.45) is 0 Å². The number of esters is 2. The molecular weight excluding hydrogens is 458 g/mol. The van der Waals surface area contributed by atoms with Gasteiger partial charge >= 0.3 is 11.9 Å². The predicted molar refractivity (Wildman–Crippen MR) is 118 cm³/mol. The van der Waals surface area contributed by atoms with Crippen LogP contribution in [0.1, 0.15) is 63.6 Å². The topological polar surface area (TPSA) is 168 Å². The number of amides is 1. The number of carbonyl (C=O) groups excluding carboxylic acids is 3. The molecule has 0 saturated carbocycles. The molecule has 1 aromatic carbocycles. The third kappa shape index (κ3) is 6.10. The Kier molecular flexibility index (Phi) is 7.49. The highest BCUT2D eigenvalue weighted by Crippen LogP contribution is 2.35. The average Bonchev–Trinajstić information content (AvgIpc) is 3.02. The molecule has 0 bridgehead atoms. The fraction of sp³-hybridized carbons (Fsp3) is 0.350. The molecular formula is C20H21N3O9S. The number of carbonyl (C=O) groups is 3. The lowest BCUT2D eigenvalue weighted by molar-refractivity contribution is -0.394. The normalized spacial score (nSPS) is 10.9. The Morgan fingerprint density at radius 3 is 2.03 bits per heavy atom. The summed E-state index contributed by atoms with van der Waals surface area (Å²) in [5.74, 6) is -2.48. The van der Waals surface area contributed by atoms with Gasteiger partial charge in [-0.3, -0.25) is 25.0 Å². The van der Waals surface area contributed by atoms with Crippen molar-refractivity contribution in [2.45, 2.75) is 40.2 Å². The molecule has 0 fully saturated rings. The van der Waals surface area contributed by atoms with Crippen molar-refractivity contribution >= 4 is 45.6 Å². The third-order valence-electron chi connectivity index (χ3n) is 4.02. The maximum absolute atomic E-state index is 12.8. The van der Waals surface area contributed by atoms with Gasteiger partial charge in [-0.25, -0.2) is 9.59 Å². The molecule has 0 aliphatic carbocycles. The molecule has 0 spiro atoms. The summed E-state index contributed by atoms with van der Waals surface area (Å²) in [6.07, 6.45) is 0. The quantitative estimate of drug-likeness (QED) is 0.346. The molecule has 0 aliphatic rings. The van der Waals surface area contributed by atoms with Crippen molar-refractivity contribution in [1.29, 1.82) is 0 Å². The van der Waals surface area contributed by atoms with Crippen LogP contribution in [0.15, 0.2) is 18.2 Å². The highest BCUT2D eigenvalue weighted by atomic mass is 32.1. The van der Waals surface area contributed by atoms with Crippen LogP contribution in [0.2, 0.25) is 0 Å². The zero-order valence-electron chi connectivity index (χ0n) is 18.4. The molecule has 0 aliphatic heterocycles. The fourth-order valence-electron chi connectivity index (χ4n) is 2.68. The van der Waals surface area contributed by atoms with Crippen LogP contribution in [0.3, 0.4) is 0 Å². The van der Waals surface area contributed by atoms with Gasteiger partial charge in [-0.15, -0.1) is 11.3 Å². The lowest BCUT2D eigenvalue weighted by atomic mass is 10.1. The maximum Gasteiger partial charge on any atom is 0.349 e. The SMILES string of the molecule is CCOC(=O)c1c(NC(=O)c2cc([N+](=O)[O-])cc([N+](=O)[O-])c2)sc(C(=O)OC(C)(C)C)c1C. The zero-order chi connectivity index (χ0) is 25.1. The van der Waals surface area contributed by atoms with Gasteiger partial charge in [0.2, 0.25) is 0 Å². The molecule has 2 rings (SSSR count). The molecule has 176 valence electrons. The number of anilines is 1. The third-order valence-corrected chi connectivity index (χ3v) is 5.21. The van der Waals surface area contributed by atoms with E-state index in [0.29, 0.717) is 0 Å². The Morgan fingerprint density at radius 1 is 1.03 bits per heavy atom. The summed E-state index contributed by atoms with van der Waals surface area (Å²) in [5, 5.41) is 24.5. The summed E-state index contributed by atoms with van der Waals surface area (Å²) < 4.78 is 10.4. The lowest BCUT2D eigenvalue weighted by Crippen LogP contribution is -2.23. The van der Waals surface area contributed by atoms with E-state index < -0.39 is 44.7 Å². The first-order valence-corrected chi connectivity index (χ1v) is 10.4. The standard InChI is InChI=1S/C20H21N3O9S/c1-6-31-18(25)14-10(2)15(19(26)32-20(3,4)5)33-17(14)21-16(24)11-7-12(22(27)28)9-13(8-11)23(29)30/h7-9H,6H2,1-5H3,(H,21,24). The van der Waals surface area contributed by atoms with E-state index >= 15 is 0 Å². The Balaban J connectivity index is 2.53. The number of benzene rings is 1. The molecule has 2 aromatic rings. The van der Waals surface area contributed by atoms with Crippen LogP contribution in [0.4, 0.5) is 16.4 Å². The number of rotatable bonds is 7. The number of hydrogen-bond acceptors (Lipinski definition) is 10. The number of hydrogen-bond donors (Lipinski definition) is 1. The van der Waals surface area contributed by atoms with Crippen LogP contribution in [0.5, 0.6) is 0 Å². The molecule has 0 unspecified atom stereocenters. The van der Waals surface area contributed by atoms with Crippen molar-refractivity contribution in [3.8, 4) is 0 Å². The summed E-state index contributed by atoms with van der Waals surface area (Å²) in [6.45, 7) is 8.08. The summed E-state index contributed by atoms with van der Waals surface area (Å²) >= 11 is 0.758. The number of nitrogens with zero attached hydrogens (tertiary/aromatic N) is 2. The minimum atomic E-state index is -0.954. The first kappa shape index (κ1) is 25.4. The van der Waals surface area contributed by atoms with Gasteiger partial charge in [-0.2, -0.15) is 0 Å². The average molecular weight is 479 g/mol. The Hall–Kier alpha value is -3.87. The van der Waals surface area contributed by atoms with E-state index in [0.717, 1.165) is 29.5 Å². The second kappa shape index (κ2) is 9.73. The number of nitrogens with one attached hydrogen (secondary N) is 1. The highest BCUT2D eigenvalue weighted by Gasteiger charge is 2.30. The van der Waals surface area contributed by atoms with E-state index in [1.165, 1.54) is 6.92 Å². The van der Waals surface area contributed by atoms with E-state index in [4.69, 9.17) is 9.47 Å². The molecule has 0 radical (unpaired) electrons. The van der Waals surface area contributed by atoms with E-state index in [1.54, 1.807) is 27.7 Å². The van der Waals surface area contributed by atoms with Gasteiger partial charge in [-0.1, -0.05) is 0 Å². The Labute approximate surface area is 191 Å². The van der Waals surface area contributed by atoms with Crippen LogP contribution >= 0.6 is 11.3 Å². The summed E-state index contributed by atoms with van der Waals surface area (Å²) in [6, 6.07) is 2.44. The number of thiophene rings is 1. The minimum Gasteiger partial charge on any atom is -0.462 e. The maximum atomic E-state index is 12.8. The van der Waals surface area contributed by atoms with E-state index in [9.17, 15) is 34.6 Å². The Bertz CT molecular complexity index is 1120. The van der Waals surface area contributed by atoms with E-state index in [2.05, 4.69) is 5.32 Å². The number of nitro groups is 2. The van der Waals surface area contributed by atoms with Gasteiger partial charge in [0.25, 0.3) is 17.3 Å².